The van der Waals surface area contributed by atoms with Gasteiger partial charge in [-0.05, 0) is 199 Å². The molecular formula is C77H98Cl3F9N16O8S4. The summed E-state index contributed by atoms with van der Waals surface area (Å²) in [4.78, 5) is 79.8. The number of halogens is 12. The number of hydrogen-bond acceptors (Lipinski definition) is 25. The van der Waals surface area contributed by atoms with Crippen molar-refractivity contribution in [3.05, 3.63) is 59.5 Å². The van der Waals surface area contributed by atoms with Crippen LogP contribution in [0.25, 0.3) is 40.9 Å². The Balaban J connectivity index is 0.000000139. The number of thiophene rings is 4. The first-order valence-corrected chi connectivity index (χ1v) is 43.1. The molecule has 12 heterocycles. The van der Waals surface area contributed by atoms with Crippen molar-refractivity contribution in [2.45, 2.75) is 231 Å². The Morgan fingerprint density at radius 2 is 0.778 bits per heavy atom. The second-order valence-electron chi connectivity index (χ2n) is 35.1. The van der Waals surface area contributed by atoms with Gasteiger partial charge in [0.25, 0.3) is 0 Å². The molecular weight excluding hydrogens is 1680 g/mol. The van der Waals surface area contributed by atoms with E-state index in [4.69, 9.17) is 64.2 Å². The Morgan fingerprint density at radius 1 is 0.462 bits per heavy atom. The second kappa shape index (κ2) is 34.6. The minimum atomic E-state index is -4.28. The summed E-state index contributed by atoms with van der Waals surface area (Å²) < 4.78 is 141. The van der Waals surface area contributed by atoms with Gasteiger partial charge in [0.2, 0.25) is 10.6 Å². The predicted octanol–water partition coefficient (Wildman–Crippen LogP) is 18.4. The summed E-state index contributed by atoms with van der Waals surface area (Å²) in [6.45, 7) is 25.5. The quantitative estimate of drug-likeness (QED) is 0.0329. The number of fused-ring (bicyclic) bond motifs is 4. The van der Waals surface area contributed by atoms with Crippen molar-refractivity contribution in [2.75, 3.05) is 81.3 Å². The topological polar surface area (TPSA) is 284 Å². The molecule has 6 N–H and O–H groups in total. The van der Waals surface area contributed by atoms with Crippen LogP contribution < -0.4 is 51.2 Å². The van der Waals surface area contributed by atoms with Crippen LogP contribution in [-0.4, -0.2) is 184 Å². The summed E-state index contributed by atoms with van der Waals surface area (Å²) in [5, 5.41) is 15.6. The molecule has 4 unspecified atom stereocenters. The molecule has 0 bridgehead atoms. The molecule has 40 heteroatoms. The SMILES string of the molecule is CC(C)(C)OC(=O)NC1CCC2(C1)CN(c1nc(Cl)nc3sc(CC(F)(F)F)cc13)C2.CC(C)(C)OC(=O)NC1CCC2(CNC2)C1.CCc1cc2c(Cl)nc(Cl)nc2s1.COc1nc(N2CC3(CCC(N)C3)C2)c2cc(CC(F)(F)F)sc2n1.COc1nc(N2CC3(CCC(NC(=O)OC(C)(C)C)C3)C2)c2cc(CC(F)(F)F)sc2n1. The maximum Gasteiger partial charge on any atom is 0.407 e. The van der Waals surface area contributed by atoms with Crippen molar-refractivity contribution in [1.82, 2.24) is 61.1 Å². The van der Waals surface area contributed by atoms with E-state index in [-0.39, 0.29) is 77.7 Å². The Labute approximate surface area is 702 Å². The number of aryl methyl sites for hydroxylation is 1. The van der Waals surface area contributed by atoms with E-state index in [9.17, 15) is 53.9 Å². The van der Waals surface area contributed by atoms with Crippen LogP contribution in [0.2, 0.25) is 15.7 Å². The number of methoxy groups -OCH3 is 2. The summed E-state index contributed by atoms with van der Waals surface area (Å²) in [5.41, 5.74) is 5.34. The highest BCUT2D eigenvalue weighted by atomic mass is 35.5. The Bertz CT molecular complexity index is 4890. The number of anilines is 3. The van der Waals surface area contributed by atoms with Gasteiger partial charge in [0.15, 0.2) is 0 Å². The predicted molar refractivity (Wildman–Crippen MR) is 439 cm³/mol. The second-order valence-corrected chi connectivity index (χ2v) is 40.6. The van der Waals surface area contributed by atoms with Crippen LogP contribution in [0.4, 0.5) is 71.4 Å². The molecule has 4 saturated carbocycles. The van der Waals surface area contributed by atoms with Crippen molar-refractivity contribution in [2.24, 2.45) is 27.4 Å². The minimum Gasteiger partial charge on any atom is -0.467 e. The average Bonchev–Trinajstić information content (AvgIpc) is 1.69. The van der Waals surface area contributed by atoms with Gasteiger partial charge in [-0.1, -0.05) is 18.5 Å². The summed E-state index contributed by atoms with van der Waals surface area (Å²) in [6.07, 6.45) is -4.02. The molecule has 0 aromatic carbocycles. The number of amides is 3. The van der Waals surface area contributed by atoms with Gasteiger partial charge in [0.05, 0.1) is 49.6 Å². The van der Waals surface area contributed by atoms with E-state index in [0.717, 1.165) is 161 Å². The first kappa shape index (κ1) is 89.4. The number of aromatic nitrogens is 8. The third-order valence-electron chi connectivity index (χ3n) is 21.5. The summed E-state index contributed by atoms with van der Waals surface area (Å²) in [5.74, 6) is 1.84. The molecule has 0 radical (unpaired) electrons. The first-order chi connectivity index (χ1) is 54.5. The molecule has 4 aliphatic heterocycles. The minimum absolute atomic E-state index is 0.0275. The normalized spacial score (nSPS) is 20.9. The number of ether oxygens (including phenoxy) is 5. The number of nitrogens with zero attached hydrogens (tertiary/aromatic N) is 11. The first-order valence-electron chi connectivity index (χ1n) is 38.7. The molecule has 4 atom stereocenters. The molecule has 8 fully saturated rings. The van der Waals surface area contributed by atoms with Crippen LogP contribution in [0.3, 0.4) is 0 Å². The lowest BCUT2D eigenvalue weighted by molar-refractivity contribution is -0.127. The van der Waals surface area contributed by atoms with Gasteiger partial charge in [0.1, 0.15) is 58.7 Å². The Hall–Kier alpha value is -6.87. The van der Waals surface area contributed by atoms with Gasteiger partial charge < -0.3 is 65.4 Å². The lowest BCUT2D eigenvalue weighted by Crippen LogP contribution is -2.56. The molecule has 642 valence electrons. The van der Waals surface area contributed by atoms with Crippen molar-refractivity contribution in [3.8, 4) is 12.0 Å². The fourth-order valence-corrected chi connectivity index (χ4v) is 21.6. The molecule has 8 aliphatic rings. The number of carbonyl (C=O) groups is 3. The lowest BCUT2D eigenvalue weighted by atomic mass is 9.78. The molecule has 4 spiro atoms. The van der Waals surface area contributed by atoms with E-state index < -0.39 is 66.8 Å². The highest BCUT2D eigenvalue weighted by molar-refractivity contribution is 7.19. The number of nitrogens with two attached hydrogens (primary N) is 1. The number of rotatable bonds is 12. The van der Waals surface area contributed by atoms with Gasteiger partial charge in [0, 0.05) is 118 Å². The Morgan fingerprint density at radius 3 is 1.10 bits per heavy atom. The molecule has 117 heavy (non-hydrogen) atoms. The molecule has 3 amide bonds. The van der Waals surface area contributed by atoms with Crippen molar-refractivity contribution < 1.29 is 77.6 Å². The highest BCUT2D eigenvalue weighted by Crippen LogP contribution is 2.53. The molecule has 4 saturated heterocycles. The van der Waals surface area contributed by atoms with E-state index in [1.807, 2.05) is 73.3 Å². The molecule has 24 nitrogen and oxygen atoms in total. The fourth-order valence-electron chi connectivity index (χ4n) is 16.7. The van der Waals surface area contributed by atoms with E-state index in [1.165, 1.54) is 37.7 Å². The molecule has 8 aromatic rings. The maximum absolute atomic E-state index is 12.9. The Kier molecular flexibility index (Phi) is 26.4. The van der Waals surface area contributed by atoms with Gasteiger partial charge >= 0.3 is 48.8 Å². The van der Waals surface area contributed by atoms with Gasteiger partial charge in [-0.15, -0.1) is 45.3 Å². The smallest absolute Gasteiger partial charge is 0.407 e. The summed E-state index contributed by atoms with van der Waals surface area (Å²) in [6, 6.07) is 7.61. The van der Waals surface area contributed by atoms with Crippen LogP contribution >= 0.6 is 80.1 Å². The standard InChI is InChI=1S/C21H27F3N4O3S.C20H24ClF3N4O2S.C16H19F3N4OS.C12H22N2O2.C8H6Cl2N2S/c1-19(2,3)31-18(29)25-12-5-6-20(8-12)10-28(11-20)15-14-7-13(9-21(22,23)24)32-16(14)27-17(26-15)30-4;1-18(2,3)30-17(29)25-11-4-5-19(7-11)9-28(10-19)14-13-6-12(8-20(22,23)24)31-15(13)27-16(21)26-14;1-24-14-21-12(23-7-15(8-23)3-2-9(20)5-15)11-4-10(6-16(17,18)19)25-13(11)22-14;1-11(2,3)16-10(15)14-9-4-5-12(6-9)7-13-8-12;1-2-4-3-5-6(9)11-8(10)12-7(5)13-4/h7,12H,5-6,8-11H2,1-4H3,(H,25,29);6,11H,4-5,7-10H2,1-3H3,(H,25,29);4,9H,2-3,5-8,20H2,1H3;9,13H,4-8H2,1-3H3,(H,14,15);3H,2H2,1H3. The zero-order valence-corrected chi connectivity index (χ0v) is 72.6. The number of nitrogens with one attached hydrogen (secondary N) is 4. The van der Waals surface area contributed by atoms with E-state index in [1.54, 1.807) is 17.4 Å². The van der Waals surface area contributed by atoms with E-state index >= 15 is 0 Å². The van der Waals surface area contributed by atoms with E-state index in [0.29, 0.717) is 77.8 Å². The lowest BCUT2D eigenvalue weighted by Gasteiger charge is -2.49. The zero-order chi connectivity index (χ0) is 85.0. The monoisotopic (exact) mass is 1780 g/mol. The van der Waals surface area contributed by atoms with Crippen LogP contribution in [0.1, 0.15) is 166 Å². The molecule has 16 rings (SSSR count). The molecule has 4 aliphatic carbocycles. The number of alkyl carbamates (subject to hydrolysis) is 3. The van der Waals surface area contributed by atoms with Crippen molar-refractivity contribution in [1.29, 1.82) is 0 Å². The zero-order valence-electron chi connectivity index (χ0n) is 67.0. The van der Waals surface area contributed by atoms with Crippen LogP contribution in [0, 0.1) is 21.7 Å². The van der Waals surface area contributed by atoms with Crippen LogP contribution in [0.5, 0.6) is 12.0 Å². The highest BCUT2D eigenvalue weighted by Gasteiger charge is 2.53. The van der Waals surface area contributed by atoms with Crippen LogP contribution in [0.15, 0.2) is 24.3 Å². The van der Waals surface area contributed by atoms with Crippen molar-refractivity contribution >= 4 is 157 Å². The summed E-state index contributed by atoms with van der Waals surface area (Å²) in [7, 11) is 2.90. The van der Waals surface area contributed by atoms with Crippen molar-refractivity contribution in [3.63, 3.8) is 0 Å². The number of carbonyl (C=O) groups excluding carboxylic acids is 3. The third kappa shape index (κ3) is 23.4. The maximum atomic E-state index is 12.9. The van der Waals surface area contributed by atoms with Gasteiger partial charge in [-0.2, -0.15) is 64.4 Å². The van der Waals surface area contributed by atoms with Gasteiger partial charge in [-0.25, -0.2) is 29.3 Å². The number of alkyl halides is 9. The molecule has 8 aromatic heterocycles. The fraction of sp³-hybridized carbons (Fsp3) is 0.649. The third-order valence-corrected chi connectivity index (χ3v) is 26.4. The van der Waals surface area contributed by atoms with E-state index in [2.05, 4.69) is 77.9 Å². The summed E-state index contributed by atoms with van der Waals surface area (Å²) >= 11 is 22.3. The van der Waals surface area contributed by atoms with Crippen LogP contribution in [-0.2, 0) is 39.9 Å². The average molecular weight is 1780 g/mol. The number of hydrogen-bond donors (Lipinski definition) is 5. The largest absolute Gasteiger partial charge is 0.467 e. The van der Waals surface area contributed by atoms with Gasteiger partial charge in [-0.3, -0.25) is 0 Å².